The lowest BCUT2D eigenvalue weighted by atomic mass is 10.00. The van der Waals surface area contributed by atoms with E-state index in [1.807, 2.05) is 12.1 Å². The monoisotopic (exact) mass is 391 g/mol. The molecule has 0 radical (unpaired) electrons. The van der Waals surface area contributed by atoms with Gasteiger partial charge in [0, 0.05) is 42.1 Å². The summed E-state index contributed by atoms with van der Waals surface area (Å²) in [6.45, 7) is 0.799. The molecule has 0 saturated carbocycles. The van der Waals surface area contributed by atoms with Gasteiger partial charge in [0.25, 0.3) is 5.91 Å². The van der Waals surface area contributed by atoms with E-state index in [-0.39, 0.29) is 11.5 Å². The SMILES string of the molecule is O=C(c1ccc(F)c(F)c1)N1CCC2(CC1)N=C(c1ccc(Cl)cc1)NO2. The zero-order valence-electron chi connectivity index (χ0n) is 14.2. The van der Waals surface area contributed by atoms with Crippen LogP contribution in [0, 0.1) is 11.6 Å². The minimum Gasteiger partial charge on any atom is -0.338 e. The van der Waals surface area contributed by atoms with Crippen LogP contribution in [-0.4, -0.2) is 35.5 Å². The van der Waals surface area contributed by atoms with E-state index in [4.69, 9.17) is 16.4 Å². The lowest BCUT2D eigenvalue weighted by molar-refractivity contribution is -0.0849. The van der Waals surface area contributed by atoms with Crippen molar-refractivity contribution >= 4 is 23.3 Å². The normalized spacial score (nSPS) is 18.3. The van der Waals surface area contributed by atoms with Gasteiger partial charge in [-0.1, -0.05) is 11.6 Å². The molecule has 2 aromatic rings. The summed E-state index contributed by atoms with van der Waals surface area (Å²) in [4.78, 5) is 24.5. The number of hydroxylamine groups is 1. The summed E-state index contributed by atoms with van der Waals surface area (Å²) in [5, 5.41) is 0.636. The first-order chi connectivity index (χ1) is 13.0. The maximum Gasteiger partial charge on any atom is 0.253 e. The van der Waals surface area contributed by atoms with Crippen molar-refractivity contribution in [3.63, 3.8) is 0 Å². The predicted molar refractivity (Wildman–Crippen MR) is 96.4 cm³/mol. The summed E-state index contributed by atoms with van der Waals surface area (Å²) in [6, 6.07) is 10.4. The Morgan fingerprint density at radius 3 is 2.48 bits per heavy atom. The molecule has 1 saturated heterocycles. The van der Waals surface area contributed by atoms with E-state index in [9.17, 15) is 13.6 Å². The third-order valence-electron chi connectivity index (χ3n) is 4.77. The largest absolute Gasteiger partial charge is 0.338 e. The topological polar surface area (TPSA) is 53.9 Å². The van der Waals surface area contributed by atoms with Gasteiger partial charge in [-0.25, -0.2) is 24.1 Å². The van der Waals surface area contributed by atoms with Crippen LogP contribution < -0.4 is 5.48 Å². The van der Waals surface area contributed by atoms with Crippen LogP contribution in [0.3, 0.4) is 0 Å². The fourth-order valence-corrected chi connectivity index (χ4v) is 3.33. The number of amidine groups is 1. The molecular weight excluding hydrogens is 376 g/mol. The van der Waals surface area contributed by atoms with Crippen molar-refractivity contribution in [3.05, 3.63) is 70.2 Å². The van der Waals surface area contributed by atoms with Gasteiger partial charge in [-0.3, -0.25) is 4.79 Å². The lowest BCUT2D eigenvalue weighted by Crippen LogP contribution is -2.46. The standard InChI is InChI=1S/C19H16ClF2N3O2/c20-14-4-1-12(2-5-14)17-23-19(27-24-17)7-9-25(10-8-19)18(26)13-3-6-15(21)16(22)11-13/h1-6,11H,7-10H2,(H,23,24). The Labute approximate surface area is 159 Å². The first-order valence-corrected chi connectivity index (χ1v) is 8.88. The van der Waals surface area contributed by atoms with Crippen molar-refractivity contribution in [2.24, 2.45) is 4.99 Å². The van der Waals surface area contributed by atoms with Gasteiger partial charge in [0.1, 0.15) is 0 Å². The second-order valence-electron chi connectivity index (χ2n) is 6.54. The molecule has 0 unspecified atom stereocenters. The van der Waals surface area contributed by atoms with Gasteiger partial charge < -0.3 is 4.90 Å². The molecule has 2 aliphatic rings. The summed E-state index contributed by atoms with van der Waals surface area (Å²) in [5.41, 5.74) is 3.10. The number of halogens is 3. The Kier molecular flexibility index (Phi) is 4.57. The molecule has 5 nitrogen and oxygen atoms in total. The number of benzene rings is 2. The maximum absolute atomic E-state index is 13.4. The zero-order chi connectivity index (χ0) is 19.0. The van der Waals surface area contributed by atoms with E-state index in [0.29, 0.717) is 36.8 Å². The van der Waals surface area contributed by atoms with E-state index in [1.165, 1.54) is 6.07 Å². The number of rotatable bonds is 2. The Morgan fingerprint density at radius 1 is 1.11 bits per heavy atom. The zero-order valence-corrected chi connectivity index (χ0v) is 15.0. The van der Waals surface area contributed by atoms with E-state index in [2.05, 4.69) is 10.5 Å². The number of nitrogens with one attached hydrogen (secondary N) is 1. The third-order valence-corrected chi connectivity index (χ3v) is 5.02. The van der Waals surface area contributed by atoms with Crippen LogP contribution in [0.4, 0.5) is 8.78 Å². The van der Waals surface area contributed by atoms with Gasteiger partial charge in [0.2, 0.25) is 0 Å². The Balaban J connectivity index is 1.44. The van der Waals surface area contributed by atoms with Crippen molar-refractivity contribution in [1.29, 1.82) is 0 Å². The highest BCUT2D eigenvalue weighted by atomic mass is 35.5. The number of nitrogens with zero attached hydrogens (tertiary/aromatic N) is 2. The highest BCUT2D eigenvalue weighted by molar-refractivity contribution is 6.30. The predicted octanol–water partition coefficient (Wildman–Crippen LogP) is 3.53. The Bertz CT molecular complexity index is 910. The van der Waals surface area contributed by atoms with E-state index >= 15 is 0 Å². The molecule has 2 aromatic carbocycles. The third kappa shape index (κ3) is 3.52. The minimum absolute atomic E-state index is 0.126. The summed E-state index contributed by atoms with van der Waals surface area (Å²) in [6.07, 6.45) is 0.985. The molecule has 0 bridgehead atoms. The molecule has 27 heavy (non-hydrogen) atoms. The van der Waals surface area contributed by atoms with Crippen molar-refractivity contribution in [1.82, 2.24) is 10.4 Å². The van der Waals surface area contributed by atoms with Crippen LogP contribution >= 0.6 is 11.6 Å². The number of carbonyl (C=O) groups excluding carboxylic acids is 1. The van der Waals surface area contributed by atoms with Crippen molar-refractivity contribution in [2.45, 2.75) is 18.6 Å². The Hall–Kier alpha value is -2.51. The fraction of sp³-hybridized carbons (Fsp3) is 0.263. The highest BCUT2D eigenvalue weighted by Crippen LogP contribution is 2.31. The summed E-state index contributed by atoms with van der Waals surface area (Å²) in [7, 11) is 0. The molecule has 1 amide bonds. The number of hydrogen-bond donors (Lipinski definition) is 1. The molecule has 4 rings (SSSR count). The first-order valence-electron chi connectivity index (χ1n) is 8.50. The number of piperidine rings is 1. The molecule has 8 heteroatoms. The smallest absolute Gasteiger partial charge is 0.253 e. The summed E-state index contributed by atoms with van der Waals surface area (Å²) >= 11 is 5.90. The summed E-state index contributed by atoms with van der Waals surface area (Å²) in [5.74, 6) is -1.72. The highest BCUT2D eigenvalue weighted by Gasteiger charge is 2.41. The van der Waals surface area contributed by atoms with E-state index < -0.39 is 17.4 Å². The number of carbonyl (C=O) groups is 1. The van der Waals surface area contributed by atoms with Gasteiger partial charge >= 0.3 is 0 Å². The van der Waals surface area contributed by atoms with Gasteiger partial charge in [0.05, 0.1) is 0 Å². The van der Waals surface area contributed by atoms with Gasteiger partial charge in [-0.15, -0.1) is 0 Å². The van der Waals surface area contributed by atoms with Crippen LogP contribution in [-0.2, 0) is 4.84 Å². The molecule has 140 valence electrons. The second-order valence-corrected chi connectivity index (χ2v) is 6.98. The number of likely N-dealkylation sites (tertiary alicyclic amines) is 1. The molecule has 1 spiro atoms. The quantitative estimate of drug-likeness (QED) is 0.852. The second kappa shape index (κ2) is 6.90. The van der Waals surface area contributed by atoms with Gasteiger partial charge in [-0.05, 0) is 42.5 Å². The van der Waals surface area contributed by atoms with Crippen molar-refractivity contribution in [3.8, 4) is 0 Å². The van der Waals surface area contributed by atoms with E-state index in [1.54, 1.807) is 17.0 Å². The van der Waals surface area contributed by atoms with Crippen LogP contribution in [0.2, 0.25) is 5.02 Å². The molecule has 2 heterocycles. The van der Waals surface area contributed by atoms with Crippen LogP contribution in [0.25, 0.3) is 0 Å². The number of hydrogen-bond acceptors (Lipinski definition) is 4. The average molecular weight is 392 g/mol. The number of aliphatic imine (C=N–C) groups is 1. The maximum atomic E-state index is 13.4. The molecule has 0 atom stereocenters. The molecule has 1 N–H and O–H groups in total. The van der Waals surface area contributed by atoms with Crippen molar-refractivity contribution in [2.75, 3.05) is 13.1 Å². The fourth-order valence-electron chi connectivity index (χ4n) is 3.21. The van der Waals surface area contributed by atoms with Crippen LogP contribution in [0.1, 0.15) is 28.8 Å². The molecular formula is C19H16ClF2N3O2. The van der Waals surface area contributed by atoms with Crippen LogP contribution in [0.15, 0.2) is 47.5 Å². The average Bonchev–Trinajstić information content (AvgIpc) is 3.08. The Morgan fingerprint density at radius 2 is 1.81 bits per heavy atom. The van der Waals surface area contributed by atoms with Crippen molar-refractivity contribution < 1.29 is 18.4 Å². The molecule has 0 aliphatic carbocycles. The molecule has 0 aromatic heterocycles. The first kappa shape index (κ1) is 17.9. The minimum atomic E-state index is -1.03. The molecule has 2 aliphatic heterocycles. The van der Waals surface area contributed by atoms with Gasteiger partial charge in [0.15, 0.2) is 23.2 Å². The number of amides is 1. The van der Waals surface area contributed by atoms with E-state index in [0.717, 1.165) is 17.7 Å². The van der Waals surface area contributed by atoms with Crippen LogP contribution in [0.5, 0.6) is 0 Å². The lowest BCUT2D eigenvalue weighted by Gasteiger charge is -2.35. The van der Waals surface area contributed by atoms with Gasteiger partial charge in [-0.2, -0.15) is 0 Å². The summed E-state index contributed by atoms with van der Waals surface area (Å²) < 4.78 is 26.4. The molecule has 1 fully saturated rings.